The van der Waals surface area contributed by atoms with Gasteiger partial charge in [-0.2, -0.15) is 0 Å². The molecule has 0 bridgehead atoms. The van der Waals surface area contributed by atoms with Crippen molar-refractivity contribution in [3.05, 3.63) is 30.0 Å². The predicted molar refractivity (Wildman–Crippen MR) is 58.5 cm³/mol. The maximum absolute atomic E-state index is 6.05. The number of rotatable bonds is 3. The fourth-order valence-electron chi connectivity index (χ4n) is 1.86. The summed E-state index contributed by atoms with van der Waals surface area (Å²) in [7, 11) is 0. The van der Waals surface area contributed by atoms with Gasteiger partial charge in [-0.05, 0) is 43.4 Å². The van der Waals surface area contributed by atoms with Crippen LogP contribution in [0.25, 0.3) is 11.0 Å². The molecule has 1 fully saturated rings. The highest BCUT2D eigenvalue weighted by Gasteiger charge is 2.37. The molecule has 0 atom stereocenters. The lowest BCUT2D eigenvalue weighted by Gasteiger charge is -2.07. The van der Waals surface area contributed by atoms with Crippen LogP contribution in [0.1, 0.15) is 24.8 Å². The summed E-state index contributed by atoms with van der Waals surface area (Å²) >= 11 is 0. The van der Waals surface area contributed by atoms with E-state index in [9.17, 15) is 0 Å². The van der Waals surface area contributed by atoms with Gasteiger partial charge in [-0.3, -0.25) is 0 Å². The summed E-state index contributed by atoms with van der Waals surface area (Å²) in [6.07, 6.45) is 6.21. The average molecular weight is 202 g/mol. The van der Waals surface area contributed by atoms with Crippen LogP contribution in [0.5, 0.6) is 0 Å². The van der Waals surface area contributed by atoms with Crippen LogP contribution in [0.3, 0.4) is 0 Å². The van der Waals surface area contributed by atoms with E-state index in [1.165, 1.54) is 18.4 Å². The van der Waals surface area contributed by atoms with Gasteiger partial charge in [-0.1, -0.05) is 11.2 Å². The molecule has 0 radical (unpaired) electrons. The van der Waals surface area contributed by atoms with Gasteiger partial charge in [-0.25, -0.2) is 0 Å². The Hall–Kier alpha value is -1.35. The molecule has 15 heavy (non-hydrogen) atoms. The molecule has 1 aromatic carbocycles. The maximum atomic E-state index is 6.05. The first-order valence-electron chi connectivity index (χ1n) is 5.37. The first-order chi connectivity index (χ1) is 7.25. The zero-order valence-electron chi connectivity index (χ0n) is 8.57. The fourth-order valence-corrected chi connectivity index (χ4v) is 1.86. The molecule has 3 rings (SSSR count). The van der Waals surface area contributed by atoms with Crippen molar-refractivity contribution >= 4 is 11.0 Å². The molecule has 1 aliphatic rings. The van der Waals surface area contributed by atoms with E-state index in [0.29, 0.717) is 0 Å². The predicted octanol–water partition coefficient (Wildman–Crippen LogP) is 2.25. The van der Waals surface area contributed by atoms with E-state index in [4.69, 9.17) is 10.3 Å². The standard InChI is InChI=1S/C12H14N2O/c13-12(5-6-12)4-3-9-1-2-10-8-14-15-11(10)7-9/h1-2,7-8H,3-6,13H2. The quantitative estimate of drug-likeness (QED) is 0.830. The van der Waals surface area contributed by atoms with Crippen LogP contribution < -0.4 is 5.73 Å². The Kier molecular flexibility index (Phi) is 1.83. The van der Waals surface area contributed by atoms with Crippen LogP contribution in [0.4, 0.5) is 0 Å². The molecule has 1 saturated carbocycles. The molecule has 0 aliphatic heterocycles. The van der Waals surface area contributed by atoms with Crippen LogP contribution in [0.15, 0.2) is 28.9 Å². The molecule has 1 aromatic heterocycles. The van der Waals surface area contributed by atoms with Gasteiger partial charge in [0.2, 0.25) is 0 Å². The maximum Gasteiger partial charge on any atom is 0.167 e. The second-order valence-corrected chi connectivity index (χ2v) is 4.56. The summed E-state index contributed by atoms with van der Waals surface area (Å²) in [5.74, 6) is 0. The van der Waals surface area contributed by atoms with Crippen molar-refractivity contribution < 1.29 is 4.52 Å². The minimum absolute atomic E-state index is 0.135. The molecule has 3 nitrogen and oxygen atoms in total. The van der Waals surface area contributed by atoms with Gasteiger partial charge >= 0.3 is 0 Å². The summed E-state index contributed by atoms with van der Waals surface area (Å²) in [5, 5.41) is 4.83. The fraction of sp³-hybridized carbons (Fsp3) is 0.417. The number of aromatic nitrogens is 1. The highest BCUT2D eigenvalue weighted by Crippen LogP contribution is 2.36. The number of nitrogens with zero attached hydrogens (tertiary/aromatic N) is 1. The van der Waals surface area contributed by atoms with Crippen molar-refractivity contribution in [1.82, 2.24) is 5.16 Å². The van der Waals surface area contributed by atoms with Crippen molar-refractivity contribution in [2.75, 3.05) is 0 Å². The number of hydrogen-bond donors (Lipinski definition) is 1. The van der Waals surface area contributed by atoms with Crippen molar-refractivity contribution in [3.8, 4) is 0 Å². The molecule has 0 unspecified atom stereocenters. The molecule has 1 aliphatic carbocycles. The summed E-state index contributed by atoms with van der Waals surface area (Å²) in [5.41, 5.74) is 8.34. The Labute approximate surface area is 88.2 Å². The van der Waals surface area contributed by atoms with E-state index in [0.717, 1.165) is 23.8 Å². The summed E-state index contributed by atoms with van der Waals surface area (Å²) in [6.45, 7) is 0. The van der Waals surface area contributed by atoms with E-state index in [-0.39, 0.29) is 5.54 Å². The molecule has 1 heterocycles. The minimum atomic E-state index is 0.135. The zero-order valence-corrected chi connectivity index (χ0v) is 8.57. The normalized spacial score (nSPS) is 18.2. The Morgan fingerprint density at radius 3 is 3.07 bits per heavy atom. The highest BCUT2D eigenvalue weighted by atomic mass is 16.5. The second kappa shape index (κ2) is 3.07. The van der Waals surface area contributed by atoms with Crippen LogP contribution >= 0.6 is 0 Å². The van der Waals surface area contributed by atoms with E-state index >= 15 is 0 Å². The van der Waals surface area contributed by atoms with E-state index in [2.05, 4.69) is 23.4 Å². The molecule has 2 aromatic rings. The zero-order chi connectivity index (χ0) is 10.3. The van der Waals surface area contributed by atoms with Gasteiger partial charge in [0.05, 0.1) is 6.20 Å². The Morgan fingerprint density at radius 1 is 1.40 bits per heavy atom. The SMILES string of the molecule is NC1(CCc2ccc3cnoc3c2)CC1. The lowest BCUT2D eigenvalue weighted by atomic mass is 10.0. The van der Waals surface area contributed by atoms with Gasteiger partial charge in [-0.15, -0.1) is 0 Å². The van der Waals surface area contributed by atoms with Crippen LogP contribution in [-0.4, -0.2) is 10.7 Å². The number of hydrogen-bond acceptors (Lipinski definition) is 3. The summed E-state index contributed by atoms with van der Waals surface area (Å²) < 4.78 is 5.12. The van der Waals surface area contributed by atoms with Gasteiger partial charge < -0.3 is 10.3 Å². The molecular formula is C12H14N2O. The number of nitrogens with two attached hydrogens (primary N) is 1. The smallest absolute Gasteiger partial charge is 0.167 e. The van der Waals surface area contributed by atoms with Gasteiger partial charge in [0.15, 0.2) is 5.58 Å². The lowest BCUT2D eigenvalue weighted by Crippen LogP contribution is -2.21. The molecular weight excluding hydrogens is 188 g/mol. The van der Waals surface area contributed by atoms with Crippen LogP contribution in [-0.2, 0) is 6.42 Å². The summed E-state index contributed by atoms with van der Waals surface area (Å²) in [4.78, 5) is 0. The third kappa shape index (κ3) is 1.75. The van der Waals surface area contributed by atoms with Gasteiger partial charge in [0.1, 0.15) is 0 Å². The second-order valence-electron chi connectivity index (χ2n) is 4.56. The summed E-state index contributed by atoms with van der Waals surface area (Å²) in [6, 6.07) is 6.25. The molecule has 0 saturated heterocycles. The molecule has 3 heteroatoms. The highest BCUT2D eigenvalue weighted by molar-refractivity contribution is 5.76. The van der Waals surface area contributed by atoms with Crippen molar-refractivity contribution in [2.24, 2.45) is 5.73 Å². The van der Waals surface area contributed by atoms with Crippen LogP contribution in [0, 0.1) is 0 Å². The first kappa shape index (κ1) is 8.92. The monoisotopic (exact) mass is 202 g/mol. The molecule has 78 valence electrons. The number of fused-ring (bicyclic) bond motifs is 1. The minimum Gasteiger partial charge on any atom is -0.356 e. The third-order valence-electron chi connectivity index (χ3n) is 3.22. The lowest BCUT2D eigenvalue weighted by molar-refractivity contribution is 0.456. The van der Waals surface area contributed by atoms with Gasteiger partial charge in [0, 0.05) is 10.9 Å². The Morgan fingerprint density at radius 2 is 2.27 bits per heavy atom. The van der Waals surface area contributed by atoms with E-state index in [1.807, 2.05) is 0 Å². The van der Waals surface area contributed by atoms with Crippen molar-refractivity contribution in [3.63, 3.8) is 0 Å². The van der Waals surface area contributed by atoms with Crippen molar-refractivity contribution in [1.29, 1.82) is 0 Å². The molecule has 0 spiro atoms. The van der Waals surface area contributed by atoms with Crippen LogP contribution in [0.2, 0.25) is 0 Å². The molecule has 0 amide bonds. The van der Waals surface area contributed by atoms with Crippen molar-refractivity contribution in [2.45, 2.75) is 31.2 Å². The molecule has 2 N–H and O–H groups in total. The largest absolute Gasteiger partial charge is 0.356 e. The first-order valence-corrected chi connectivity index (χ1v) is 5.37. The number of aryl methyl sites for hydroxylation is 1. The number of benzene rings is 1. The Bertz CT molecular complexity index is 485. The van der Waals surface area contributed by atoms with E-state index in [1.54, 1.807) is 6.20 Å². The van der Waals surface area contributed by atoms with E-state index < -0.39 is 0 Å². The van der Waals surface area contributed by atoms with Gasteiger partial charge in [0.25, 0.3) is 0 Å². The topological polar surface area (TPSA) is 52.0 Å². The average Bonchev–Trinajstić information content (AvgIpc) is 2.80. The third-order valence-corrected chi connectivity index (χ3v) is 3.22. The Balaban J connectivity index is 1.78.